The van der Waals surface area contributed by atoms with Gasteiger partial charge in [0, 0.05) is 32.4 Å². The van der Waals surface area contributed by atoms with E-state index in [1.54, 1.807) is 61.5 Å². The van der Waals surface area contributed by atoms with E-state index in [0.29, 0.717) is 5.56 Å². The third kappa shape index (κ3) is 4.36. The Balaban J connectivity index is 1.87. The van der Waals surface area contributed by atoms with Crippen molar-refractivity contribution in [3.8, 4) is 0 Å². The number of benzene rings is 3. The van der Waals surface area contributed by atoms with Gasteiger partial charge in [0.25, 0.3) is 0 Å². The first-order valence-electron chi connectivity index (χ1n) is 11.0. The van der Waals surface area contributed by atoms with Crippen LogP contribution in [0.2, 0.25) is 0 Å². The minimum absolute atomic E-state index is 0.0440. The maximum Gasteiger partial charge on any atom is 0.245 e. The second-order valence-electron chi connectivity index (χ2n) is 8.74. The molecule has 0 aliphatic carbocycles. The lowest BCUT2D eigenvalue weighted by atomic mass is 10.1. The fourth-order valence-electron chi connectivity index (χ4n) is 4.22. The third-order valence-corrected chi connectivity index (χ3v) is 9.86. The Bertz CT molecular complexity index is 1360. The number of anilines is 1. The van der Waals surface area contributed by atoms with Gasteiger partial charge in [0.2, 0.25) is 20.0 Å². The molecule has 1 fully saturated rings. The second kappa shape index (κ2) is 9.14. The van der Waals surface area contributed by atoms with Crippen LogP contribution in [0, 0.1) is 6.92 Å². The summed E-state index contributed by atoms with van der Waals surface area (Å²) in [7, 11) is -4.13. The van der Waals surface area contributed by atoms with E-state index in [1.165, 1.54) is 20.7 Å². The van der Waals surface area contributed by atoms with Gasteiger partial charge in [-0.2, -0.15) is 8.61 Å². The van der Waals surface area contributed by atoms with E-state index in [-0.39, 0.29) is 16.3 Å². The summed E-state index contributed by atoms with van der Waals surface area (Å²) in [5, 5.41) is 0. The molecular formula is C25H29N3O4S2. The van der Waals surface area contributed by atoms with E-state index in [0.717, 1.165) is 11.3 Å². The predicted octanol–water partition coefficient (Wildman–Crippen LogP) is 3.84. The van der Waals surface area contributed by atoms with Crippen LogP contribution in [0.3, 0.4) is 0 Å². The molecule has 1 aliphatic heterocycles. The Morgan fingerprint density at radius 2 is 1.32 bits per heavy atom. The maximum absolute atomic E-state index is 13.8. The van der Waals surface area contributed by atoms with Crippen molar-refractivity contribution in [1.29, 1.82) is 0 Å². The lowest BCUT2D eigenvalue weighted by molar-refractivity contribution is 0.276. The first-order chi connectivity index (χ1) is 16.0. The molecule has 0 bridgehead atoms. The van der Waals surface area contributed by atoms with Gasteiger partial charge in [-0.15, -0.1) is 0 Å². The van der Waals surface area contributed by atoms with E-state index >= 15 is 0 Å². The molecule has 4 rings (SSSR count). The Morgan fingerprint density at radius 1 is 0.765 bits per heavy atom. The molecule has 0 radical (unpaired) electrons. The molecule has 9 heteroatoms. The summed E-state index contributed by atoms with van der Waals surface area (Å²) < 4.78 is 57.6. The highest BCUT2D eigenvalue weighted by Gasteiger charge is 2.50. The molecule has 0 aromatic heterocycles. The van der Waals surface area contributed by atoms with Crippen LogP contribution in [0.25, 0.3) is 0 Å². The molecule has 0 amide bonds. The average Bonchev–Trinajstić information content (AvgIpc) is 3.18. The molecule has 3 aromatic rings. The quantitative estimate of drug-likeness (QED) is 0.515. The van der Waals surface area contributed by atoms with E-state index in [1.807, 2.05) is 38.1 Å². The molecule has 7 nitrogen and oxygen atoms in total. The van der Waals surface area contributed by atoms with Gasteiger partial charge in [0.1, 0.15) is 6.17 Å². The van der Waals surface area contributed by atoms with Crippen LogP contribution in [-0.2, 0) is 20.0 Å². The highest BCUT2D eigenvalue weighted by atomic mass is 32.2. The molecule has 2 atom stereocenters. The Labute approximate surface area is 202 Å². The zero-order chi connectivity index (χ0) is 24.7. The lowest BCUT2D eigenvalue weighted by Crippen LogP contribution is -2.39. The third-order valence-electron chi connectivity index (χ3n) is 6.05. The smallest absolute Gasteiger partial charge is 0.245 e. The number of sulfonamides is 2. The minimum atomic E-state index is -3.98. The van der Waals surface area contributed by atoms with Gasteiger partial charge in [-0.25, -0.2) is 16.8 Å². The van der Waals surface area contributed by atoms with Crippen LogP contribution in [0.5, 0.6) is 0 Å². The molecular weight excluding hydrogens is 470 g/mol. The molecule has 3 aromatic carbocycles. The van der Waals surface area contributed by atoms with Crippen molar-refractivity contribution in [3.05, 3.63) is 90.0 Å². The van der Waals surface area contributed by atoms with Gasteiger partial charge in [-0.05, 0) is 55.8 Å². The fraction of sp³-hybridized carbons (Fsp3) is 0.280. The Kier molecular flexibility index (Phi) is 6.56. The maximum atomic E-state index is 13.8. The molecule has 1 aliphatic rings. The van der Waals surface area contributed by atoms with Crippen LogP contribution in [0.15, 0.2) is 88.7 Å². The Morgan fingerprint density at radius 3 is 1.88 bits per heavy atom. The topological polar surface area (TPSA) is 78.0 Å². The van der Waals surface area contributed by atoms with Crippen molar-refractivity contribution in [3.63, 3.8) is 0 Å². The first-order valence-corrected chi connectivity index (χ1v) is 13.9. The highest BCUT2D eigenvalue weighted by Crippen LogP contribution is 2.41. The standard InChI is InChI=1S/C25H29N3O4S2/c1-19-10-16-24(17-11-19)33(29,30)27-18-20(2)28(34(31,32)23-8-6-5-7-9-23)25(27)21-12-14-22(15-13-21)26(3)4/h5-17,20,25H,18H2,1-4H3/t20-,25+/m0/s1. The zero-order valence-corrected chi connectivity index (χ0v) is 21.3. The molecule has 1 heterocycles. The summed E-state index contributed by atoms with van der Waals surface area (Å²) in [4.78, 5) is 2.20. The van der Waals surface area contributed by atoms with Crippen molar-refractivity contribution < 1.29 is 16.8 Å². The van der Waals surface area contributed by atoms with E-state index < -0.39 is 32.3 Å². The molecule has 34 heavy (non-hydrogen) atoms. The van der Waals surface area contributed by atoms with Gasteiger partial charge in [0.05, 0.1) is 9.79 Å². The van der Waals surface area contributed by atoms with E-state index in [2.05, 4.69) is 0 Å². The zero-order valence-electron chi connectivity index (χ0n) is 19.7. The molecule has 0 saturated carbocycles. The van der Waals surface area contributed by atoms with Crippen LogP contribution in [0.4, 0.5) is 5.69 Å². The summed E-state index contributed by atoms with van der Waals surface area (Å²) in [5.41, 5.74) is 2.46. The van der Waals surface area contributed by atoms with E-state index in [4.69, 9.17) is 0 Å². The fourth-order valence-corrected chi connectivity index (χ4v) is 7.72. The van der Waals surface area contributed by atoms with Crippen LogP contribution < -0.4 is 4.90 Å². The number of aryl methyl sites for hydroxylation is 1. The van der Waals surface area contributed by atoms with Crippen LogP contribution in [-0.4, -0.2) is 52.1 Å². The van der Waals surface area contributed by atoms with Gasteiger partial charge in [-0.1, -0.05) is 48.0 Å². The number of hydrogen-bond donors (Lipinski definition) is 0. The summed E-state index contributed by atoms with van der Waals surface area (Å²) in [6, 6.07) is 21.5. The SMILES string of the molecule is Cc1ccc(S(=O)(=O)N2C[C@H](C)N(S(=O)(=O)c3ccccc3)[C@@H]2c2ccc(N(C)C)cc2)cc1. The van der Waals surface area contributed by atoms with Crippen LogP contribution >= 0.6 is 0 Å². The number of hydrogen-bond acceptors (Lipinski definition) is 5. The summed E-state index contributed by atoms with van der Waals surface area (Å²) in [6.45, 7) is 3.67. The molecule has 0 N–H and O–H groups in total. The van der Waals surface area contributed by atoms with Gasteiger partial charge >= 0.3 is 0 Å². The molecule has 0 unspecified atom stereocenters. The summed E-state index contributed by atoms with van der Waals surface area (Å²) in [6.07, 6.45) is -1.01. The lowest BCUT2D eigenvalue weighted by Gasteiger charge is -2.31. The largest absolute Gasteiger partial charge is 0.378 e. The minimum Gasteiger partial charge on any atom is -0.378 e. The normalized spacial score (nSPS) is 19.9. The van der Waals surface area contributed by atoms with Crippen LogP contribution in [0.1, 0.15) is 24.2 Å². The number of nitrogens with zero attached hydrogens (tertiary/aromatic N) is 3. The van der Waals surface area contributed by atoms with E-state index in [9.17, 15) is 16.8 Å². The molecule has 1 saturated heterocycles. The van der Waals surface area contributed by atoms with Gasteiger partial charge in [0.15, 0.2) is 0 Å². The van der Waals surface area contributed by atoms with Gasteiger partial charge < -0.3 is 4.90 Å². The molecule has 0 spiro atoms. The van der Waals surface area contributed by atoms with Crippen molar-refractivity contribution in [2.75, 3.05) is 25.5 Å². The Hall–Kier alpha value is -2.72. The first kappa shape index (κ1) is 24.4. The van der Waals surface area contributed by atoms with Crippen molar-refractivity contribution in [2.45, 2.75) is 35.8 Å². The predicted molar refractivity (Wildman–Crippen MR) is 134 cm³/mol. The summed E-state index contributed by atoms with van der Waals surface area (Å²) in [5.74, 6) is 0. The average molecular weight is 500 g/mol. The summed E-state index contributed by atoms with van der Waals surface area (Å²) >= 11 is 0. The monoisotopic (exact) mass is 499 g/mol. The van der Waals surface area contributed by atoms with Crippen molar-refractivity contribution >= 4 is 25.7 Å². The molecule has 180 valence electrons. The van der Waals surface area contributed by atoms with Crippen molar-refractivity contribution in [2.24, 2.45) is 0 Å². The highest BCUT2D eigenvalue weighted by molar-refractivity contribution is 7.90. The van der Waals surface area contributed by atoms with Gasteiger partial charge in [-0.3, -0.25) is 0 Å². The second-order valence-corrected chi connectivity index (χ2v) is 12.5. The van der Waals surface area contributed by atoms with Crippen molar-refractivity contribution in [1.82, 2.24) is 8.61 Å². The number of rotatable bonds is 6.